The summed E-state index contributed by atoms with van der Waals surface area (Å²) in [6.07, 6.45) is 3.38. The van der Waals surface area contributed by atoms with Gasteiger partial charge in [-0.05, 0) is 0 Å². The summed E-state index contributed by atoms with van der Waals surface area (Å²) in [5.74, 6) is -0.463. The summed E-state index contributed by atoms with van der Waals surface area (Å²) < 4.78 is 6.88. The van der Waals surface area contributed by atoms with Crippen LogP contribution in [0.25, 0.3) is 0 Å². The number of hydrogen-bond acceptors (Lipinski definition) is 4. The molecule has 78 valence electrons. The maximum atomic E-state index is 10.3. The highest BCUT2D eigenvalue weighted by Gasteiger charge is 1.99. The van der Waals surface area contributed by atoms with Gasteiger partial charge in [0.15, 0.2) is 0 Å². The predicted molar refractivity (Wildman–Crippen MR) is 50.1 cm³/mol. The maximum Gasteiger partial charge on any atom is 0.243 e. The van der Waals surface area contributed by atoms with Crippen molar-refractivity contribution in [2.45, 2.75) is 13.1 Å². The van der Waals surface area contributed by atoms with Crippen LogP contribution in [0.15, 0.2) is 12.5 Å². The number of rotatable bonds is 6. The number of aromatic nitrogens is 2. The van der Waals surface area contributed by atoms with E-state index in [0.717, 1.165) is 5.69 Å². The molecule has 1 heterocycles. The maximum absolute atomic E-state index is 10.3. The van der Waals surface area contributed by atoms with Crippen LogP contribution in [0.2, 0.25) is 0 Å². The van der Waals surface area contributed by atoms with Crippen molar-refractivity contribution in [1.29, 1.82) is 0 Å². The molecule has 0 radical (unpaired) electrons. The van der Waals surface area contributed by atoms with Gasteiger partial charge in [-0.25, -0.2) is 4.98 Å². The molecule has 0 unspecified atom stereocenters. The molecule has 0 bridgehead atoms. The fourth-order valence-corrected chi connectivity index (χ4v) is 1.06. The van der Waals surface area contributed by atoms with Crippen molar-refractivity contribution >= 4 is 5.91 Å². The standard InChI is InChI=1S/C8H14N4O2/c9-3-7-4-11-6-12(7)1-2-14-5-8(10)13/h4,6H,1-3,5,9H2,(H2,10,13). The zero-order chi connectivity index (χ0) is 10.4. The Bertz CT molecular complexity index is 297. The molecule has 0 fully saturated rings. The lowest BCUT2D eigenvalue weighted by atomic mass is 10.4. The highest BCUT2D eigenvalue weighted by molar-refractivity contribution is 5.74. The zero-order valence-electron chi connectivity index (χ0n) is 7.85. The summed E-state index contributed by atoms with van der Waals surface area (Å²) in [6.45, 7) is 1.44. The molecular weight excluding hydrogens is 184 g/mol. The number of hydrogen-bond donors (Lipinski definition) is 2. The Morgan fingerprint density at radius 2 is 2.43 bits per heavy atom. The van der Waals surface area contributed by atoms with Crippen molar-refractivity contribution in [2.75, 3.05) is 13.2 Å². The topological polar surface area (TPSA) is 96.2 Å². The van der Waals surface area contributed by atoms with Crippen LogP contribution in [-0.2, 0) is 22.6 Å². The van der Waals surface area contributed by atoms with E-state index in [1.165, 1.54) is 0 Å². The largest absolute Gasteiger partial charge is 0.370 e. The number of ether oxygens (including phenoxy) is 1. The monoisotopic (exact) mass is 198 g/mol. The third-order valence-electron chi connectivity index (χ3n) is 1.73. The Morgan fingerprint density at radius 3 is 3.07 bits per heavy atom. The van der Waals surface area contributed by atoms with E-state index < -0.39 is 5.91 Å². The van der Waals surface area contributed by atoms with Crippen LogP contribution in [0.5, 0.6) is 0 Å². The molecule has 6 heteroatoms. The van der Waals surface area contributed by atoms with E-state index in [4.69, 9.17) is 16.2 Å². The van der Waals surface area contributed by atoms with Crippen LogP contribution in [0.3, 0.4) is 0 Å². The third-order valence-corrected chi connectivity index (χ3v) is 1.73. The Hall–Kier alpha value is -1.40. The third kappa shape index (κ3) is 3.15. The minimum absolute atomic E-state index is 0.0490. The molecule has 1 amide bonds. The normalized spacial score (nSPS) is 10.4. The lowest BCUT2D eigenvalue weighted by Gasteiger charge is -2.06. The number of carbonyl (C=O) groups is 1. The summed E-state index contributed by atoms with van der Waals surface area (Å²) in [4.78, 5) is 14.3. The van der Waals surface area contributed by atoms with Gasteiger partial charge in [-0.1, -0.05) is 0 Å². The predicted octanol–water partition coefficient (Wildman–Crippen LogP) is -1.16. The lowest BCUT2D eigenvalue weighted by molar-refractivity contribution is -0.122. The fourth-order valence-electron chi connectivity index (χ4n) is 1.06. The highest BCUT2D eigenvalue weighted by atomic mass is 16.5. The first kappa shape index (κ1) is 10.7. The molecule has 14 heavy (non-hydrogen) atoms. The Balaban J connectivity index is 2.27. The second-order valence-corrected chi connectivity index (χ2v) is 2.80. The van der Waals surface area contributed by atoms with Crippen molar-refractivity contribution in [2.24, 2.45) is 11.5 Å². The van der Waals surface area contributed by atoms with Crippen molar-refractivity contribution in [3.63, 3.8) is 0 Å². The number of carbonyl (C=O) groups excluding carboxylic acids is 1. The first-order chi connectivity index (χ1) is 6.74. The van der Waals surface area contributed by atoms with Gasteiger partial charge in [0.05, 0.1) is 18.6 Å². The number of amides is 1. The van der Waals surface area contributed by atoms with Crippen LogP contribution in [-0.4, -0.2) is 28.7 Å². The molecular formula is C8H14N4O2. The van der Waals surface area contributed by atoms with Crippen molar-refractivity contribution in [3.05, 3.63) is 18.2 Å². The average Bonchev–Trinajstić information content (AvgIpc) is 2.59. The average molecular weight is 198 g/mol. The molecule has 0 aromatic carbocycles. The molecule has 0 saturated heterocycles. The molecule has 1 aromatic heterocycles. The molecule has 0 aliphatic carbocycles. The molecule has 0 atom stereocenters. The fraction of sp³-hybridized carbons (Fsp3) is 0.500. The number of imidazole rings is 1. The second kappa shape index (κ2) is 5.36. The van der Waals surface area contributed by atoms with Crippen LogP contribution < -0.4 is 11.5 Å². The molecule has 1 aromatic rings. The quantitative estimate of drug-likeness (QED) is 0.564. The minimum atomic E-state index is -0.463. The van der Waals surface area contributed by atoms with E-state index in [-0.39, 0.29) is 6.61 Å². The molecule has 0 aliphatic heterocycles. The second-order valence-electron chi connectivity index (χ2n) is 2.80. The van der Waals surface area contributed by atoms with Crippen LogP contribution in [0.4, 0.5) is 0 Å². The zero-order valence-corrected chi connectivity index (χ0v) is 7.85. The molecule has 0 spiro atoms. The van der Waals surface area contributed by atoms with Crippen LogP contribution in [0.1, 0.15) is 5.69 Å². The molecule has 6 nitrogen and oxygen atoms in total. The van der Waals surface area contributed by atoms with E-state index in [1.807, 2.05) is 4.57 Å². The van der Waals surface area contributed by atoms with Crippen molar-refractivity contribution in [3.8, 4) is 0 Å². The van der Waals surface area contributed by atoms with E-state index in [2.05, 4.69) is 4.98 Å². The van der Waals surface area contributed by atoms with Gasteiger partial charge in [0.1, 0.15) is 6.61 Å². The number of nitrogens with two attached hydrogens (primary N) is 2. The summed E-state index contributed by atoms with van der Waals surface area (Å²) >= 11 is 0. The van der Waals surface area contributed by atoms with Gasteiger partial charge in [0.25, 0.3) is 0 Å². The van der Waals surface area contributed by atoms with E-state index in [0.29, 0.717) is 19.7 Å². The van der Waals surface area contributed by atoms with Crippen molar-refractivity contribution < 1.29 is 9.53 Å². The van der Waals surface area contributed by atoms with Crippen LogP contribution in [0, 0.1) is 0 Å². The summed E-state index contributed by atoms with van der Waals surface area (Å²) in [5, 5.41) is 0. The van der Waals surface area contributed by atoms with Gasteiger partial charge < -0.3 is 20.8 Å². The van der Waals surface area contributed by atoms with Crippen molar-refractivity contribution in [1.82, 2.24) is 9.55 Å². The van der Waals surface area contributed by atoms with Gasteiger partial charge in [-0.15, -0.1) is 0 Å². The van der Waals surface area contributed by atoms with Gasteiger partial charge in [0, 0.05) is 19.3 Å². The van der Waals surface area contributed by atoms with E-state index >= 15 is 0 Å². The first-order valence-electron chi connectivity index (χ1n) is 4.29. The molecule has 0 aliphatic rings. The van der Waals surface area contributed by atoms with Gasteiger partial charge in [0.2, 0.25) is 5.91 Å². The minimum Gasteiger partial charge on any atom is -0.370 e. The summed E-state index contributed by atoms with van der Waals surface area (Å²) in [5.41, 5.74) is 11.3. The van der Waals surface area contributed by atoms with Crippen LogP contribution >= 0.6 is 0 Å². The number of primary amides is 1. The molecule has 1 rings (SSSR count). The summed E-state index contributed by atoms with van der Waals surface area (Å²) in [6, 6.07) is 0. The highest BCUT2D eigenvalue weighted by Crippen LogP contribution is 1.97. The SMILES string of the molecule is NCc1cncn1CCOCC(N)=O. The van der Waals surface area contributed by atoms with Gasteiger partial charge in [-0.2, -0.15) is 0 Å². The van der Waals surface area contributed by atoms with E-state index in [9.17, 15) is 4.79 Å². The van der Waals surface area contributed by atoms with Gasteiger partial charge >= 0.3 is 0 Å². The molecule has 0 saturated carbocycles. The first-order valence-corrected chi connectivity index (χ1v) is 4.29. The number of nitrogens with zero attached hydrogens (tertiary/aromatic N) is 2. The Labute approximate surface area is 81.8 Å². The smallest absolute Gasteiger partial charge is 0.243 e. The Kier molecular flexibility index (Phi) is 4.09. The Morgan fingerprint density at radius 1 is 1.64 bits per heavy atom. The molecule has 4 N–H and O–H groups in total. The summed E-state index contributed by atoms with van der Waals surface area (Å²) in [7, 11) is 0. The van der Waals surface area contributed by atoms with E-state index in [1.54, 1.807) is 12.5 Å². The van der Waals surface area contributed by atoms with Gasteiger partial charge in [-0.3, -0.25) is 4.79 Å². The lowest BCUT2D eigenvalue weighted by Crippen LogP contribution is -2.20.